The minimum Gasteiger partial charge on any atom is -0.451 e. The van der Waals surface area contributed by atoms with Crippen molar-refractivity contribution in [1.82, 2.24) is 0 Å². The highest BCUT2D eigenvalue weighted by molar-refractivity contribution is 8.03. The zero-order chi connectivity index (χ0) is 18.7. The van der Waals surface area contributed by atoms with E-state index in [-0.39, 0.29) is 12.5 Å². The summed E-state index contributed by atoms with van der Waals surface area (Å²) in [7, 11) is 0. The van der Waals surface area contributed by atoms with Crippen LogP contribution in [0.5, 0.6) is 0 Å². The molecular formula is C19H18N2O3S2. The van der Waals surface area contributed by atoms with Crippen LogP contribution in [0.1, 0.15) is 37.7 Å². The van der Waals surface area contributed by atoms with Crippen molar-refractivity contribution >= 4 is 40.7 Å². The van der Waals surface area contributed by atoms with Crippen LogP contribution in [0.4, 0.5) is 5.69 Å². The van der Waals surface area contributed by atoms with E-state index < -0.39 is 5.97 Å². The van der Waals surface area contributed by atoms with Gasteiger partial charge in [-0.15, -0.1) is 11.3 Å². The highest BCUT2D eigenvalue weighted by Crippen LogP contribution is 2.31. The van der Waals surface area contributed by atoms with Crippen LogP contribution in [0.25, 0.3) is 0 Å². The molecule has 1 amide bonds. The molecule has 1 aliphatic carbocycles. The van der Waals surface area contributed by atoms with E-state index in [2.05, 4.69) is 5.32 Å². The Balaban J connectivity index is 1.59. The van der Waals surface area contributed by atoms with Gasteiger partial charge < -0.3 is 10.1 Å². The first kappa shape index (κ1) is 18.5. The minimum absolute atomic E-state index is 0.324. The number of fused-ring (bicyclic) bond motifs is 1. The molecule has 5 nitrogen and oxygen atoms in total. The first-order valence-electron chi connectivity index (χ1n) is 8.23. The van der Waals surface area contributed by atoms with Gasteiger partial charge in [-0.1, -0.05) is 0 Å². The predicted octanol–water partition coefficient (Wildman–Crippen LogP) is 4.22. The SMILES string of the molecule is Cc1cc(SC#N)cc(C)c1NC(=O)COC(=O)c1cc2c(s1)CCC2. The maximum absolute atomic E-state index is 12.2. The second-order valence-corrected chi connectivity index (χ2v) is 8.16. The Labute approximate surface area is 160 Å². The highest BCUT2D eigenvalue weighted by atomic mass is 32.2. The molecule has 1 aliphatic rings. The van der Waals surface area contributed by atoms with Gasteiger partial charge >= 0.3 is 5.97 Å². The third-order valence-corrected chi connectivity index (χ3v) is 6.00. The molecule has 7 heteroatoms. The van der Waals surface area contributed by atoms with Crippen molar-refractivity contribution < 1.29 is 14.3 Å². The number of esters is 1. The normalized spacial score (nSPS) is 12.3. The molecule has 0 saturated heterocycles. The molecule has 2 aromatic rings. The van der Waals surface area contributed by atoms with Crippen LogP contribution in [-0.2, 0) is 22.4 Å². The van der Waals surface area contributed by atoms with Crippen molar-refractivity contribution in [2.45, 2.75) is 38.0 Å². The number of anilines is 1. The number of nitrogens with one attached hydrogen (secondary N) is 1. The second kappa shape index (κ2) is 7.94. The van der Waals surface area contributed by atoms with Gasteiger partial charge in [-0.2, -0.15) is 5.26 Å². The molecule has 0 aliphatic heterocycles. The summed E-state index contributed by atoms with van der Waals surface area (Å²) in [6.07, 6.45) is 3.17. The first-order valence-corrected chi connectivity index (χ1v) is 9.87. The lowest BCUT2D eigenvalue weighted by atomic mass is 10.1. The van der Waals surface area contributed by atoms with Crippen molar-refractivity contribution in [3.05, 3.63) is 44.6 Å². The van der Waals surface area contributed by atoms with Gasteiger partial charge in [0.15, 0.2) is 6.61 Å². The van der Waals surface area contributed by atoms with Gasteiger partial charge in [-0.25, -0.2) is 4.79 Å². The number of thioether (sulfide) groups is 1. The largest absolute Gasteiger partial charge is 0.451 e. The Morgan fingerprint density at radius 2 is 2.00 bits per heavy atom. The zero-order valence-corrected chi connectivity index (χ0v) is 16.2. The maximum Gasteiger partial charge on any atom is 0.348 e. The monoisotopic (exact) mass is 386 g/mol. The maximum atomic E-state index is 12.2. The molecule has 0 spiro atoms. The number of rotatable bonds is 5. The van der Waals surface area contributed by atoms with Crippen LogP contribution in [0.15, 0.2) is 23.1 Å². The molecule has 3 rings (SSSR count). The average molecular weight is 386 g/mol. The fourth-order valence-corrected chi connectivity index (χ4v) is 4.76. The number of ether oxygens (including phenoxy) is 1. The number of nitriles is 1. The molecule has 0 saturated carbocycles. The van der Waals surface area contributed by atoms with Gasteiger partial charge in [-0.05, 0) is 79.8 Å². The lowest BCUT2D eigenvalue weighted by molar-refractivity contribution is -0.119. The van der Waals surface area contributed by atoms with Crippen LogP contribution in [0, 0.1) is 24.5 Å². The lowest BCUT2D eigenvalue weighted by Gasteiger charge is -2.13. The lowest BCUT2D eigenvalue weighted by Crippen LogP contribution is -2.21. The van der Waals surface area contributed by atoms with E-state index in [0.717, 1.165) is 47.0 Å². The Morgan fingerprint density at radius 1 is 1.27 bits per heavy atom. The number of nitrogens with zero attached hydrogens (tertiary/aromatic N) is 1. The second-order valence-electron chi connectivity index (χ2n) is 6.16. The zero-order valence-electron chi connectivity index (χ0n) is 14.5. The van der Waals surface area contributed by atoms with E-state index in [1.165, 1.54) is 21.8 Å². The van der Waals surface area contributed by atoms with Crippen molar-refractivity contribution in [3.8, 4) is 5.40 Å². The Hall–Kier alpha value is -2.30. The number of aryl methyl sites for hydroxylation is 4. The van der Waals surface area contributed by atoms with Crippen LogP contribution in [0.3, 0.4) is 0 Å². The number of thiocyanates is 1. The molecule has 0 bridgehead atoms. The summed E-state index contributed by atoms with van der Waals surface area (Å²) in [6.45, 7) is 3.40. The molecule has 134 valence electrons. The molecule has 0 radical (unpaired) electrons. The number of carbonyl (C=O) groups is 2. The van der Waals surface area contributed by atoms with Gasteiger partial charge in [0.2, 0.25) is 0 Å². The van der Waals surface area contributed by atoms with Gasteiger partial charge in [0.25, 0.3) is 5.91 Å². The average Bonchev–Trinajstić information content (AvgIpc) is 3.18. The van der Waals surface area contributed by atoms with Crippen LogP contribution >= 0.6 is 23.1 Å². The number of thiophene rings is 1. The van der Waals surface area contributed by atoms with Crippen LogP contribution < -0.4 is 5.32 Å². The van der Waals surface area contributed by atoms with Crippen LogP contribution in [0.2, 0.25) is 0 Å². The smallest absolute Gasteiger partial charge is 0.348 e. The van der Waals surface area contributed by atoms with Gasteiger partial charge in [-0.3, -0.25) is 4.79 Å². The number of hydrogen-bond donors (Lipinski definition) is 1. The van der Waals surface area contributed by atoms with Crippen molar-refractivity contribution in [2.24, 2.45) is 0 Å². The Morgan fingerprint density at radius 3 is 2.65 bits per heavy atom. The fourth-order valence-electron chi connectivity index (χ4n) is 3.04. The molecule has 0 unspecified atom stereocenters. The highest BCUT2D eigenvalue weighted by Gasteiger charge is 2.20. The summed E-state index contributed by atoms with van der Waals surface area (Å²) in [4.78, 5) is 26.9. The van der Waals surface area contributed by atoms with Gasteiger partial charge in [0.05, 0.1) is 0 Å². The first-order chi connectivity index (χ1) is 12.5. The predicted molar refractivity (Wildman–Crippen MR) is 103 cm³/mol. The number of benzene rings is 1. The standard InChI is InChI=1S/C19H18N2O3S2/c1-11-6-14(25-10-20)7-12(2)18(11)21-17(22)9-24-19(23)16-8-13-4-3-5-15(13)26-16/h6-8H,3-5,9H2,1-2H3,(H,21,22). The van der Waals surface area contributed by atoms with E-state index in [9.17, 15) is 9.59 Å². The summed E-state index contributed by atoms with van der Waals surface area (Å²) < 4.78 is 5.15. The van der Waals surface area contributed by atoms with Crippen molar-refractivity contribution in [2.75, 3.05) is 11.9 Å². The molecule has 1 heterocycles. The van der Waals surface area contributed by atoms with E-state index in [0.29, 0.717) is 10.6 Å². The summed E-state index contributed by atoms with van der Waals surface area (Å²) >= 11 is 2.54. The summed E-state index contributed by atoms with van der Waals surface area (Å²) in [5.41, 5.74) is 3.63. The number of amides is 1. The third-order valence-electron chi connectivity index (χ3n) is 4.22. The quantitative estimate of drug-likeness (QED) is 0.473. The third kappa shape index (κ3) is 4.09. The summed E-state index contributed by atoms with van der Waals surface area (Å²) in [5, 5.41) is 13.6. The molecular weight excluding hydrogens is 368 g/mol. The minimum atomic E-state index is -0.450. The van der Waals surface area contributed by atoms with Crippen molar-refractivity contribution in [3.63, 3.8) is 0 Å². The molecule has 1 aromatic heterocycles. The van der Waals surface area contributed by atoms with E-state index >= 15 is 0 Å². The number of hydrogen-bond acceptors (Lipinski definition) is 6. The van der Waals surface area contributed by atoms with Gasteiger partial charge in [0.1, 0.15) is 10.3 Å². The van der Waals surface area contributed by atoms with E-state index in [4.69, 9.17) is 10.00 Å². The fraction of sp³-hybridized carbons (Fsp3) is 0.316. The Kier molecular flexibility index (Phi) is 5.64. The molecule has 26 heavy (non-hydrogen) atoms. The molecule has 0 atom stereocenters. The van der Waals surface area contributed by atoms with E-state index in [1.807, 2.05) is 37.4 Å². The molecule has 1 aromatic carbocycles. The molecule has 0 fully saturated rings. The Bertz CT molecular complexity index is 867. The number of carbonyl (C=O) groups excluding carboxylic acids is 2. The summed E-state index contributed by atoms with van der Waals surface area (Å²) in [6, 6.07) is 5.57. The topological polar surface area (TPSA) is 79.2 Å². The van der Waals surface area contributed by atoms with E-state index in [1.54, 1.807) is 0 Å². The van der Waals surface area contributed by atoms with Crippen LogP contribution in [-0.4, -0.2) is 18.5 Å². The van der Waals surface area contributed by atoms with Crippen molar-refractivity contribution in [1.29, 1.82) is 5.26 Å². The summed E-state index contributed by atoms with van der Waals surface area (Å²) in [5.74, 6) is -0.830. The molecule has 1 N–H and O–H groups in total. The van der Waals surface area contributed by atoms with Gasteiger partial charge in [0, 0.05) is 15.5 Å².